The Morgan fingerprint density at radius 1 is 1.31 bits per heavy atom. The third-order valence-corrected chi connectivity index (χ3v) is 6.69. The van der Waals surface area contributed by atoms with Crippen LogP contribution in [0.3, 0.4) is 0 Å². The van der Waals surface area contributed by atoms with Crippen molar-refractivity contribution < 1.29 is 10.5 Å². The zero-order valence-corrected chi connectivity index (χ0v) is 20.2. The van der Waals surface area contributed by atoms with Gasteiger partial charge in [-0.1, -0.05) is 28.9 Å². The van der Waals surface area contributed by atoms with E-state index in [1.165, 1.54) is 18.3 Å². The van der Waals surface area contributed by atoms with Crippen molar-refractivity contribution in [2.24, 2.45) is 0 Å². The summed E-state index contributed by atoms with van der Waals surface area (Å²) in [5, 5.41) is 26.0. The van der Waals surface area contributed by atoms with Crippen molar-refractivity contribution in [3.05, 3.63) is 76.5 Å². The Hall–Kier alpha value is -3.74. The van der Waals surface area contributed by atoms with Crippen molar-refractivity contribution in [2.75, 3.05) is 23.8 Å². The van der Waals surface area contributed by atoms with Crippen LogP contribution in [0.5, 0.6) is 0 Å². The number of pyridine rings is 1. The van der Waals surface area contributed by atoms with Crippen LogP contribution >= 0.6 is 11.6 Å². The first-order chi connectivity index (χ1) is 17.8. The molecule has 0 radical (unpaired) electrons. The van der Waals surface area contributed by atoms with Crippen molar-refractivity contribution in [1.82, 2.24) is 20.0 Å². The van der Waals surface area contributed by atoms with Crippen LogP contribution in [0.4, 0.5) is 15.8 Å². The number of ether oxygens (including phenoxy) is 1. The molecule has 1 aliphatic heterocycles. The fourth-order valence-corrected chi connectivity index (χ4v) is 4.56. The SMILES string of the molecule is [2H][C@](Nc1cc(Cl)c2ncc(C#N)c(NC3(C)COC3)c2c1)(c1ccc(F)cc1)c1cn(C2CC2)nn1. The minimum atomic E-state index is -1.60. The molecule has 0 bridgehead atoms. The molecule has 182 valence electrons. The number of anilines is 2. The molecule has 0 unspecified atom stereocenters. The van der Waals surface area contributed by atoms with Gasteiger partial charge in [-0.2, -0.15) is 5.26 Å². The van der Waals surface area contributed by atoms with Crippen LogP contribution in [0.2, 0.25) is 5.02 Å². The molecule has 36 heavy (non-hydrogen) atoms. The minimum absolute atomic E-state index is 0.287. The lowest BCUT2D eigenvalue weighted by Crippen LogP contribution is -2.53. The Balaban J connectivity index is 1.47. The summed E-state index contributed by atoms with van der Waals surface area (Å²) < 4.78 is 30.4. The van der Waals surface area contributed by atoms with Crippen molar-refractivity contribution in [1.29, 1.82) is 5.26 Å². The number of hydrogen-bond acceptors (Lipinski definition) is 7. The van der Waals surface area contributed by atoms with Gasteiger partial charge in [0.25, 0.3) is 0 Å². The molecule has 2 aromatic carbocycles. The number of fused-ring (bicyclic) bond motifs is 1. The molecule has 4 aromatic rings. The highest BCUT2D eigenvalue weighted by Gasteiger charge is 2.34. The van der Waals surface area contributed by atoms with Crippen LogP contribution in [0.15, 0.2) is 48.8 Å². The quantitative estimate of drug-likeness (QED) is 0.355. The van der Waals surface area contributed by atoms with E-state index in [1.807, 2.05) is 6.92 Å². The lowest BCUT2D eigenvalue weighted by molar-refractivity contribution is -0.0317. The Morgan fingerprint density at radius 3 is 2.75 bits per heavy atom. The summed E-state index contributed by atoms with van der Waals surface area (Å²) in [6.45, 7) is 3.02. The predicted octanol–water partition coefficient (Wildman–Crippen LogP) is 5.23. The molecule has 1 aliphatic carbocycles. The molecule has 10 heteroatoms. The number of aromatic nitrogens is 4. The molecule has 0 spiro atoms. The maximum atomic E-state index is 13.8. The molecule has 2 aliphatic rings. The third kappa shape index (κ3) is 4.23. The lowest BCUT2D eigenvalue weighted by Gasteiger charge is -2.40. The summed E-state index contributed by atoms with van der Waals surface area (Å²) in [5.74, 6) is -0.402. The van der Waals surface area contributed by atoms with Crippen molar-refractivity contribution in [2.45, 2.75) is 37.4 Å². The van der Waals surface area contributed by atoms with Gasteiger partial charge in [-0.25, -0.2) is 9.07 Å². The fourth-order valence-electron chi connectivity index (χ4n) is 4.29. The van der Waals surface area contributed by atoms with Gasteiger partial charge in [0.05, 0.1) is 60.2 Å². The minimum Gasteiger partial charge on any atom is -0.376 e. The van der Waals surface area contributed by atoms with Gasteiger partial charge in [-0.05, 0) is 49.6 Å². The number of benzene rings is 2. The second-order valence-corrected chi connectivity index (χ2v) is 9.92. The molecule has 2 aromatic heterocycles. The average molecular weight is 505 g/mol. The van der Waals surface area contributed by atoms with Gasteiger partial charge < -0.3 is 15.4 Å². The lowest BCUT2D eigenvalue weighted by atomic mass is 9.98. The molecular formula is C26H23ClFN7O. The summed E-state index contributed by atoms with van der Waals surface area (Å²) in [4.78, 5) is 4.41. The van der Waals surface area contributed by atoms with Crippen LogP contribution in [0.1, 0.15) is 50.0 Å². The molecule has 2 N–H and O–H groups in total. The highest BCUT2D eigenvalue weighted by atomic mass is 35.5. The van der Waals surface area contributed by atoms with E-state index < -0.39 is 11.8 Å². The van der Waals surface area contributed by atoms with E-state index in [4.69, 9.17) is 16.3 Å². The first-order valence-corrected chi connectivity index (χ1v) is 12.0. The molecule has 1 saturated heterocycles. The van der Waals surface area contributed by atoms with Crippen molar-refractivity contribution in [3.8, 4) is 6.07 Å². The largest absolute Gasteiger partial charge is 0.376 e. The molecule has 8 nitrogen and oxygen atoms in total. The topological polar surface area (TPSA) is 101 Å². The average Bonchev–Trinajstić information content (AvgIpc) is 3.59. The van der Waals surface area contributed by atoms with Gasteiger partial charge in [-0.3, -0.25) is 4.98 Å². The molecule has 1 saturated carbocycles. The first-order valence-electron chi connectivity index (χ1n) is 12.1. The normalized spacial score (nSPS) is 18.6. The third-order valence-electron chi connectivity index (χ3n) is 6.40. The number of hydrogen-bond donors (Lipinski definition) is 2. The number of rotatable bonds is 7. The van der Waals surface area contributed by atoms with Gasteiger partial charge in [0, 0.05) is 17.3 Å². The second-order valence-electron chi connectivity index (χ2n) is 9.51. The van der Waals surface area contributed by atoms with E-state index in [2.05, 4.69) is 32.0 Å². The Morgan fingerprint density at radius 2 is 2.08 bits per heavy atom. The fraction of sp³-hybridized carbons (Fsp3) is 0.308. The van der Waals surface area contributed by atoms with E-state index in [0.29, 0.717) is 57.3 Å². The number of nitriles is 1. The maximum absolute atomic E-state index is 13.8. The second kappa shape index (κ2) is 8.73. The number of nitrogens with zero attached hydrogens (tertiary/aromatic N) is 5. The summed E-state index contributed by atoms with van der Waals surface area (Å²) in [6.07, 6.45) is 5.29. The maximum Gasteiger partial charge on any atom is 0.123 e. The molecule has 3 heterocycles. The van der Waals surface area contributed by atoms with Crippen LogP contribution in [0.25, 0.3) is 10.9 Å². The summed E-state index contributed by atoms with van der Waals surface area (Å²) >= 11 is 6.66. The van der Waals surface area contributed by atoms with E-state index in [-0.39, 0.29) is 11.6 Å². The van der Waals surface area contributed by atoms with Crippen LogP contribution < -0.4 is 10.6 Å². The Labute approximate surface area is 213 Å². The summed E-state index contributed by atoms with van der Waals surface area (Å²) in [5.41, 5.74) is 2.52. The van der Waals surface area contributed by atoms with Gasteiger partial charge in [0.2, 0.25) is 0 Å². The van der Waals surface area contributed by atoms with E-state index in [0.717, 1.165) is 12.8 Å². The number of halogens is 2. The molecule has 0 amide bonds. The zero-order valence-electron chi connectivity index (χ0n) is 20.4. The highest BCUT2D eigenvalue weighted by Crippen LogP contribution is 2.38. The standard InChI is InChI=1S/C26H23ClFN7O/c1-26(13-36-14-26)32-23-16(10-29)11-30-25-20(23)8-18(9-21(25)27)31-24(15-2-4-17(28)5-3-15)22-12-35(34-33-22)19-6-7-19/h2-5,8-9,11-12,19,24,31H,6-7,13-14H2,1H3,(H,30,32)/t24-/m0/s1/i24D. The molecule has 1 atom stereocenters. The van der Waals surface area contributed by atoms with Crippen LogP contribution in [0, 0.1) is 17.1 Å². The van der Waals surface area contributed by atoms with E-state index >= 15 is 0 Å². The monoisotopic (exact) mass is 504 g/mol. The van der Waals surface area contributed by atoms with Gasteiger partial charge in [-0.15, -0.1) is 5.10 Å². The van der Waals surface area contributed by atoms with Crippen molar-refractivity contribution >= 4 is 33.9 Å². The van der Waals surface area contributed by atoms with E-state index in [9.17, 15) is 11.0 Å². The Kier molecular flexibility index (Phi) is 5.22. The Bertz CT molecular complexity index is 1550. The smallest absolute Gasteiger partial charge is 0.123 e. The van der Waals surface area contributed by atoms with Crippen molar-refractivity contribution in [3.63, 3.8) is 0 Å². The van der Waals surface area contributed by atoms with Crippen LogP contribution in [-0.4, -0.2) is 38.7 Å². The van der Waals surface area contributed by atoms with E-state index in [1.54, 1.807) is 35.1 Å². The highest BCUT2D eigenvalue weighted by molar-refractivity contribution is 6.35. The molecule has 6 rings (SSSR count). The number of nitrogens with one attached hydrogen (secondary N) is 2. The summed E-state index contributed by atoms with van der Waals surface area (Å²) in [6, 6.07) is 10.1. The molecule has 2 fully saturated rings. The van der Waals surface area contributed by atoms with Gasteiger partial charge in [0.15, 0.2) is 0 Å². The van der Waals surface area contributed by atoms with Crippen LogP contribution in [-0.2, 0) is 4.74 Å². The predicted molar refractivity (Wildman–Crippen MR) is 134 cm³/mol. The van der Waals surface area contributed by atoms with Gasteiger partial charge in [0.1, 0.15) is 17.6 Å². The zero-order chi connectivity index (χ0) is 25.8. The molecular weight excluding hydrogens is 481 g/mol. The van der Waals surface area contributed by atoms with Gasteiger partial charge >= 0.3 is 0 Å². The summed E-state index contributed by atoms with van der Waals surface area (Å²) in [7, 11) is 0. The first kappa shape index (κ1) is 21.5.